The lowest BCUT2D eigenvalue weighted by Gasteiger charge is -2.32. The van der Waals surface area contributed by atoms with Crippen molar-refractivity contribution in [3.8, 4) is 0 Å². The Morgan fingerprint density at radius 3 is 2.70 bits per heavy atom. The number of aromatic nitrogens is 2. The van der Waals surface area contributed by atoms with E-state index in [1.807, 2.05) is 32.9 Å². The maximum Gasteiger partial charge on any atom is 0.259 e. The molecule has 1 aromatic carbocycles. The van der Waals surface area contributed by atoms with E-state index in [9.17, 15) is 9.59 Å². The summed E-state index contributed by atoms with van der Waals surface area (Å²) in [4.78, 5) is 35.6. The average Bonchev–Trinajstić information content (AvgIpc) is 2.91. The van der Waals surface area contributed by atoms with Crippen molar-refractivity contribution in [1.82, 2.24) is 15.3 Å². The van der Waals surface area contributed by atoms with Gasteiger partial charge >= 0.3 is 0 Å². The van der Waals surface area contributed by atoms with Gasteiger partial charge in [0.15, 0.2) is 0 Å². The molecule has 3 aromatic rings. The minimum atomic E-state index is -0.576. The Morgan fingerprint density at radius 2 is 1.93 bits per heavy atom. The smallest absolute Gasteiger partial charge is 0.259 e. The third kappa shape index (κ3) is 3.44. The Labute approximate surface area is 179 Å². The van der Waals surface area contributed by atoms with Gasteiger partial charge in [-0.25, -0.2) is 0 Å². The van der Waals surface area contributed by atoms with Crippen molar-refractivity contribution in [1.29, 1.82) is 0 Å². The lowest BCUT2D eigenvalue weighted by atomic mass is 9.93. The molecule has 1 N–H and O–H groups in total. The van der Waals surface area contributed by atoms with Gasteiger partial charge in [-0.1, -0.05) is 11.6 Å². The molecule has 0 bridgehead atoms. The largest absolute Gasteiger partial charge is 0.348 e. The summed E-state index contributed by atoms with van der Waals surface area (Å²) in [6.07, 6.45) is 6.54. The van der Waals surface area contributed by atoms with Crippen molar-refractivity contribution in [3.05, 3.63) is 88.0 Å². The third-order valence-electron chi connectivity index (χ3n) is 5.41. The molecule has 0 spiro atoms. The predicted molar refractivity (Wildman–Crippen MR) is 116 cm³/mol. The number of carbonyl (C=O) groups is 2. The first-order valence-corrected chi connectivity index (χ1v) is 9.94. The van der Waals surface area contributed by atoms with Crippen LogP contribution in [0.4, 0.5) is 5.69 Å². The van der Waals surface area contributed by atoms with E-state index in [4.69, 9.17) is 11.6 Å². The second kappa shape index (κ2) is 7.54. The number of hydrogen-bond acceptors (Lipinski definition) is 4. The van der Waals surface area contributed by atoms with Crippen molar-refractivity contribution in [3.63, 3.8) is 0 Å². The molecule has 0 saturated heterocycles. The second-order valence-corrected chi connectivity index (χ2v) is 8.25. The molecule has 0 unspecified atom stereocenters. The number of aryl methyl sites for hydroxylation is 1. The van der Waals surface area contributed by atoms with Gasteiger partial charge in [0.25, 0.3) is 11.8 Å². The van der Waals surface area contributed by atoms with Gasteiger partial charge in [-0.15, -0.1) is 0 Å². The number of hydrogen-bond donors (Lipinski definition) is 1. The number of amides is 2. The Hall–Kier alpha value is -3.25. The van der Waals surface area contributed by atoms with E-state index in [0.29, 0.717) is 21.8 Å². The minimum Gasteiger partial charge on any atom is -0.348 e. The molecule has 4 rings (SSSR count). The summed E-state index contributed by atoms with van der Waals surface area (Å²) in [5.41, 5.74) is 3.79. The molecule has 0 aliphatic carbocycles. The SMILES string of the molecule is Cc1ccncc1C(=O)NCc1cncc(N2C(=O)c3ccc(Cl)cc3C2(C)C)c1. The molecule has 30 heavy (non-hydrogen) atoms. The number of carbonyl (C=O) groups excluding carboxylic acids is 2. The topological polar surface area (TPSA) is 75.2 Å². The molecule has 0 atom stereocenters. The lowest BCUT2D eigenvalue weighted by Crippen LogP contribution is -2.39. The highest BCUT2D eigenvalue weighted by atomic mass is 35.5. The normalized spacial score (nSPS) is 14.5. The Morgan fingerprint density at radius 1 is 1.13 bits per heavy atom. The summed E-state index contributed by atoms with van der Waals surface area (Å²) in [7, 11) is 0. The van der Waals surface area contributed by atoms with Gasteiger partial charge in [0.05, 0.1) is 23.0 Å². The van der Waals surface area contributed by atoms with Gasteiger partial charge in [-0.3, -0.25) is 24.5 Å². The van der Waals surface area contributed by atoms with Gasteiger partial charge in [-0.05, 0) is 67.8 Å². The summed E-state index contributed by atoms with van der Waals surface area (Å²) in [5.74, 6) is -0.300. The molecule has 2 aromatic heterocycles. The van der Waals surface area contributed by atoms with Crippen LogP contribution in [-0.4, -0.2) is 21.8 Å². The van der Waals surface area contributed by atoms with E-state index < -0.39 is 5.54 Å². The fraction of sp³-hybridized carbons (Fsp3) is 0.217. The van der Waals surface area contributed by atoms with Gasteiger partial charge in [-0.2, -0.15) is 0 Å². The van der Waals surface area contributed by atoms with Crippen molar-refractivity contribution in [2.45, 2.75) is 32.9 Å². The van der Waals surface area contributed by atoms with Gasteiger partial charge < -0.3 is 5.32 Å². The molecule has 0 radical (unpaired) electrons. The summed E-state index contributed by atoms with van der Waals surface area (Å²) in [6, 6.07) is 8.99. The molecule has 6 nitrogen and oxygen atoms in total. The van der Waals surface area contributed by atoms with Crippen LogP contribution in [0.1, 0.15) is 51.3 Å². The molecule has 2 amide bonds. The molecular weight excluding hydrogens is 400 g/mol. The van der Waals surface area contributed by atoms with E-state index in [2.05, 4.69) is 15.3 Å². The lowest BCUT2D eigenvalue weighted by molar-refractivity contribution is 0.0947. The molecule has 1 aliphatic heterocycles. The summed E-state index contributed by atoms with van der Waals surface area (Å²) >= 11 is 6.16. The summed E-state index contributed by atoms with van der Waals surface area (Å²) < 4.78 is 0. The quantitative estimate of drug-likeness (QED) is 0.684. The number of rotatable bonds is 4. The van der Waals surface area contributed by atoms with Crippen molar-refractivity contribution in [2.24, 2.45) is 0 Å². The zero-order valence-corrected chi connectivity index (χ0v) is 17.7. The van der Waals surface area contributed by atoms with Crippen LogP contribution in [0.15, 0.2) is 55.1 Å². The van der Waals surface area contributed by atoms with E-state index in [1.165, 1.54) is 0 Å². The number of nitrogens with one attached hydrogen (secondary N) is 1. The molecular formula is C23H21ClN4O2. The Balaban J connectivity index is 1.58. The maximum atomic E-state index is 13.1. The maximum absolute atomic E-state index is 13.1. The fourth-order valence-corrected chi connectivity index (χ4v) is 3.99. The van der Waals surface area contributed by atoms with Crippen LogP contribution >= 0.6 is 11.6 Å². The predicted octanol–water partition coefficient (Wildman–Crippen LogP) is 4.26. The number of benzene rings is 1. The number of fused-ring (bicyclic) bond motifs is 1. The van der Waals surface area contributed by atoms with Crippen LogP contribution in [0, 0.1) is 6.92 Å². The van der Waals surface area contributed by atoms with Crippen LogP contribution in [-0.2, 0) is 12.1 Å². The number of nitrogens with zero attached hydrogens (tertiary/aromatic N) is 3. The standard InChI is InChI=1S/C23H21ClN4O2/c1-14-6-7-25-13-19(14)21(29)27-11-15-8-17(12-26-10-15)28-22(30)18-5-4-16(24)9-20(18)23(28,2)3/h4-10,12-13H,11H2,1-3H3,(H,27,29). The first-order chi connectivity index (χ1) is 14.3. The van der Waals surface area contributed by atoms with Gasteiger partial charge in [0.2, 0.25) is 0 Å². The van der Waals surface area contributed by atoms with Crippen molar-refractivity contribution >= 4 is 29.1 Å². The van der Waals surface area contributed by atoms with Crippen LogP contribution in [0.25, 0.3) is 0 Å². The first kappa shape index (κ1) is 20.0. The molecule has 1 aliphatic rings. The number of pyridine rings is 2. The van der Waals surface area contributed by atoms with Crippen LogP contribution < -0.4 is 10.2 Å². The number of halogens is 1. The fourth-order valence-electron chi connectivity index (χ4n) is 3.82. The minimum absolute atomic E-state index is 0.0966. The van der Waals surface area contributed by atoms with Crippen LogP contribution in [0.2, 0.25) is 5.02 Å². The zero-order valence-electron chi connectivity index (χ0n) is 16.9. The highest BCUT2D eigenvalue weighted by Gasteiger charge is 2.44. The third-order valence-corrected chi connectivity index (χ3v) is 5.64. The Bertz CT molecular complexity index is 1160. The number of anilines is 1. The van der Waals surface area contributed by atoms with E-state index in [1.54, 1.807) is 47.9 Å². The van der Waals surface area contributed by atoms with E-state index in [-0.39, 0.29) is 18.4 Å². The highest BCUT2D eigenvalue weighted by Crippen LogP contribution is 2.42. The van der Waals surface area contributed by atoms with E-state index >= 15 is 0 Å². The average molecular weight is 421 g/mol. The van der Waals surface area contributed by atoms with Crippen LogP contribution in [0.5, 0.6) is 0 Å². The van der Waals surface area contributed by atoms with Crippen LogP contribution in [0.3, 0.4) is 0 Å². The van der Waals surface area contributed by atoms with Crippen molar-refractivity contribution < 1.29 is 9.59 Å². The second-order valence-electron chi connectivity index (χ2n) is 7.81. The molecule has 3 heterocycles. The highest BCUT2D eigenvalue weighted by molar-refractivity contribution is 6.31. The van der Waals surface area contributed by atoms with Gasteiger partial charge in [0, 0.05) is 35.7 Å². The van der Waals surface area contributed by atoms with Crippen molar-refractivity contribution in [2.75, 3.05) is 4.90 Å². The summed E-state index contributed by atoms with van der Waals surface area (Å²) in [6.45, 7) is 6.11. The monoisotopic (exact) mass is 420 g/mol. The zero-order chi connectivity index (χ0) is 21.5. The first-order valence-electron chi connectivity index (χ1n) is 9.56. The molecule has 0 saturated carbocycles. The summed E-state index contributed by atoms with van der Waals surface area (Å²) in [5, 5.41) is 3.48. The van der Waals surface area contributed by atoms with Gasteiger partial charge in [0.1, 0.15) is 0 Å². The molecule has 152 valence electrons. The Kier molecular flexibility index (Phi) is 5.03. The molecule has 7 heteroatoms. The van der Waals surface area contributed by atoms with E-state index in [0.717, 1.165) is 16.7 Å². The molecule has 0 fully saturated rings.